The minimum absolute atomic E-state index is 0.245. The molecule has 0 aliphatic rings. The zero-order chi connectivity index (χ0) is 11.9. The fourth-order valence-electron chi connectivity index (χ4n) is 0.938. The van der Waals surface area contributed by atoms with Gasteiger partial charge in [-0.1, -0.05) is 51.1 Å². The summed E-state index contributed by atoms with van der Waals surface area (Å²) in [5.74, 6) is -0.245. The topological polar surface area (TPSA) is 26.3 Å². The molecule has 0 spiro atoms. The molecule has 2 heteroatoms. The molecule has 0 radical (unpaired) electrons. The van der Waals surface area contributed by atoms with Crippen LogP contribution in [0, 0.1) is 0 Å². The third kappa shape index (κ3) is 6.72. The quantitative estimate of drug-likeness (QED) is 0.612. The number of hydrogen-bond acceptors (Lipinski definition) is 2. The van der Waals surface area contributed by atoms with Gasteiger partial charge in [0, 0.05) is 6.92 Å². The molecule has 0 saturated heterocycles. The first-order chi connectivity index (χ1) is 6.88. The second-order valence-electron chi connectivity index (χ2n) is 4.31. The van der Waals surface area contributed by atoms with Crippen LogP contribution in [0.15, 0.2) is 30.3 Å². The minimum Gasteiger partial charge on any atom is -0.469 e. The van der Waals surface area contributed by atoms with E-state index in [1.54, 1.807) is 0 Å². The van der Waals surface area contributed by atoms with Crippen LogP contribution >= 0.6 is 0 Å². The first-order valence-corrected chi connectivity index (χ1v) is 4.98. The van der Waals surface area contributed by atoms with Crippen molar-refractivity contribution in [3.63, 3.8) is 0 Å². The van der Waals surface area contributed by atoms with Gasteiger partial charge in [0.2, 0.25) is 0 Å². The minimum atomic E-state index is -0.245. The third-order valence-corrected chi connectivity index (χ3v) is 1.93. The summed E-state index contributed by atoms with van der Waals surface area (Å²) in [4.78, 5) is 9.59. The number of methoxy groups -OCH3 is 1. The van der Waals surface area contributed by atoms with Crippen LogP contribution in [-0.4, -0.2) is 13.1 Å². The van der Waals surface area contributed by atoms with E-state index in [0.29, 0.717) is 5.41 Å². The lowest BCUT2D eigenvalue weighted by atomic mass is 9.87. The summed E-state index contributed by atoms with van der Waals surface area (Å²) in [6, 6.07) is 10.6. The standard InChI is InChI=1S/C10H14.C3H6O2/c1-10(2,3)9-7-5-4-6-8-9;1-3(4)5-2/h4-8H,1-3H3;1-2H3. The Morgan fingerprint density at radius 1 is 1.13 bits per heavy atom. The maximum Gasteiger partial charge on any atom is 0.302 e. The maximum atomic E-state index is 9.59. The van der Waals surface area contributed by atoms with Crippen LogP contribution in [0.3, 0.4) is 0 Å². The smallest absolute Gasteiger partial charge is 0.302 e. The van der Waals surface area contributed by atoms with Gasteiger partial charge in [0.05, 0.1) is 7.11 Å². The molecule has 0 atom stereocenters. The van der Waals surface area contributed by atoms with Gasteiger partial charge in [-0.25, -0.2) is 0 Å². The lowest BCUT2D eigenvalue weighted by molar-refractivity contribution is -0.137. The highest BCUT2D eigenvalue weighted by atomic mass is 16.5. The van der Waals surface area contributed by atoms with Crippen molar-refractivity contribution in [3.8, 4) is 0 Å². The maximum absolute atomic E-state index is 9.59. The Labute approximate surface area is 92.3 Å². The van der Waals surface area contributed by atoms with Crippen molar-refractivity contribution in [2.45, 2.75) is 33.1 Å². The number of benzene rings is 1. The van der Waals surface area contributed by atoms with Gasteiger partial charge in [0.15, 0.2) is 0 Å². The van der Waals surface area contributed by atoms with Gasteiger partial charge in [-0.15, -0.1) is 0 Å². The van der Waals surface area contributed by atoms with E-state index in [0.717, 1.165) is 0 Å². The molecule has 0 bridgehead atoms. The van der Waals surface area contributed by atoms with Crippen LogP contribution in [0.1, 0.15) is 33.3 Å². The summed E-state index contributed by atoms with van der Waals surface area (Å²) in [6.07, 6.45) is 0. The summed E-state index contributed by atoms with van der Waals surface area (Å²) < 4.78 is 4.11. The Morgan fingerprint density at radius 2 is 1.53 bits per heavy atom. The lowest BCUT2D eigenvalue weighted by Gasteiger charge is -2.18. The SMILES string of the molecule is CC(C)(C)c1ccccc1.COC(C)=O. The van der Waals surface area contributed by atoms with Crippen LogP contribution in [0.4, 0.5) is 0 Å². The number of ether oxygens (including phenoxy) is 1. The van der Waals surface area contributed by atoms with E-state index in [4.69, 9.17) is 0 Å². The fourth-order valence-corrected chi connectivity index (χ4v) is 0.938. The molecule has 1 aromatic carbocycles. The molecular formula is C13H20O2. The summed E-state index contributed by atoms with van der Waals surface area (Å²) in [5.41, 5.74) is 1.69. The predicted molar refractivity (Wildman–Crippen MR) is 62.8 cm³/mol. The monoisotopic (exact) mass is 208 g/mol. The first kappa shape index (κ1) is 13.7. The second kappa shape index (κ2) is 6.23. The molecule has 2 nitrogen and oxygen atoms in total. The molecule has 0 unspecified atom stereocenters. The summed E-state index contributed by atoms with van der Waals surface area (Å²) in [5, 5.41) is 0. The lowest BCUT2D eigenvalue weighted by Crippen LogP contribution is -2.10. The number of carbonyl (C=O) groups is 1. The van der Waals surface area contributed by atoms with Crippen LogP contribution in [0.2, 0.25) is 0 Å². The van der Waals surface area contributed by atoms with Crippen molar-refractivity contribution in [1.82, 2.24) is 0 Å². The number of rotatable bonds is 0. The highest BCUT2D eigenvalue weighted by Gasteiger charge is 2.11. The zero-order valence-electron chi connectivity index (χ0n) is 10.2. The predicted octanol–water partition coefficient (Wildman–Crippen LogP) is 3.16. The average Bonchev–Trinajstić information content (AvgIpc) is 2.19. The summed E-state index contributed by atoms with van der Waals surface area (Å²) >= 11 is 0. The van der Waals surface area contributed by atoms with E-state index in [1.165, 1.54) is 19.6 Å². The Kier molecular flexibility index (Phi) is 5.68. The van der Waals surface area contributed by atoms with Gasteiger partial charge in [-0.3, -0.25) is 4.79 Å². The van der Waals surface area contributed by atoms with Crippen molar-refractivity contribution >= 4 is 5.97 Å². The summed E-state index contributed by atoms with van der Waals surface area (Å²) in [7, 11) is 1.35. The number of esters is 1. The van der Waals surface area contributed by atoms with Crippen LogP contribution in [0.25, 0.3) is 0 Å². The number of hydrogen-bond donors (Lipinski definition) is 0. The molecule has 0 amide bonds. The highest BCUT2D eigenvalue weighted by Crippen LogP contribution is 2.20. The van der Waals surface area contributed by atoms with E-state index in [1.807, 2.05) is 0 Å². The Bertz CT molecular complexity index is 283. The van der Waals surface area contributed by atoms with Crippen molar-refractivity contribution in [2.75, 3.05) is 7.11 Å². The molecule has 84 valence electrons. The van der Waals surface area contributed by atoms with Gasteiger partial charge in [-0.05, 0) is 11.0 Å². The third-order valence-electron chi connectivity index (χ3n) is 1.93. The van der Waals surface area contributed by atoms with E-state index in [9.17, 15) is 4.79 Å². The zero-order valence-corrected chi connectivity index (χ0v) is 10.2. The molecule has 1 aromatic rings. The van der Waals surface area contributed by atoms with E-state index < -0.39 is 0 Å². The van der Waals surface area contributed by atoms with Gasteiger partial charge in [-0.2, -0.15) is 0 Å². The average molecular weight is 208 g/mol. The molecule has 0 aliphatic carbocycles. The highest BCUT2D eigenvalue weighted by molar-refractivity contribution is 5.65. The molecule has 1 rings (SSSR count). The van der Waals surface area contributed by atoms with Crippen LogP contribution in [0.5, 0.6) is 0 Å². The molecule has 15 heavy (non-hydrogen) atoms. The molecule has 0 N–H and O–H groups in total. The van der Waals surface area contributed by atoms with Gasteiger partial charge < -0.3 is 4.74 Å². The Balaban J connectivity index is 0.000000336. The molecule has 0 heterocycles. The first-order valence-electron chi connectivity index (χ1n) is 4.98. The normalized spacial score (nSPS) is 9.93. The largest absolute Gasteiger partial charge is 0.469 e. The van der Waals surface area contributed by atoms with Crippen molar-refractivity contribution in [1.29, 1.82) is 0 Å². The Morgan fingerprint density at radius 3 is 1.73 bits per heavy atom. The van der Waals surface area contributed by atoms with Crippen LogP contribution in [-0.2, 0) is 14.9 Å². The molecule has 0 aromatic heterocycles. The van der Waals surface area contributed by atoms with Crippen molar-refractivity contribution < 1.29 is 9.53 Å². The van der Waals surface area contributed by atoms with E-state index in [-0.39, 0.29) is 5.97 Å². The van der Waals surface area contributed by atoms with Gasteiger partial charge >= 0.3 is 5.97 Å². The second-order valence-corrected chi connectivity index (χ2v) is 4.31. The molecular weight excluding hydrogens is 188 g/mol. The number of carbonyl (C=O) groups excluding carboxylic acids is 1. The van der Waals surface area contributed by atoms with Gasteiger partial charge in [0.1, 0.15) is 0 Å². The van der Waals surface area contributed by atoms with Gasteiger partial charge in [0.25, 0.3) is 0 Å². The van der Waals surface area contributed by atoms with Crippen molar-refractivity contribution in [3.05, 3.63) is 35.9 Å². The summed E-state index contributed by atoms with van der Waals surface area (Å²) in [6.45, 7) is 8.03. The fraction of sp³-hybridized carbons (Fsp3) is 0.462. The van der Waals surface area contributed by atoms with E-state index in [2.05, 4.69) is 55.8 Å². The van der Waals surface area contributed by atoms with E-state index >= 15 is 0 Å². The molecule has 0 fully saturated rings. The molecule has 0 saturated carbocycles. The molecule has 0 aliphatic heterocycles. The Hall–Kier alpha value is -1.31. The van der Waals surface area contributed by atoms with Crippen LogP contribution < -0.4 is 0 Å². The van der Waals surface area contributed by atoms with Crippen molar-refractivity contribution in [2.24, 2.45) is 0 Å².